The van der Waals surface area contributed by atoms with E-state index < -0.39 is 4.92 Å². The van der Waals surface area contributed by atoms with Gasteiger partial charge in [-0.05, 0) is 41.3 Å². The van der Waals surface area contributed by atoms with Crippen LogP contribution in [0.25, 0.3) is 0 Å². The lowest BCUT2D eigenvalue weighted by molar-refractivity contribution is -0.385. The Labute approximate surface area is 166 Å². The van der Waals surface area contributed by atoms with Gasteiger partial charge < -0.3 is 14.8 Å². The highest BCUT2D eigenvalue weighted by atomic mass is 79.9. The molecule has 1 saturated heterocycles. The van der Waals surface area contributed by atoms with Crippen molar-refractivity contribution >= 4 is 27.4 Å². The number of hydrogen-bond donors (Lipinski definition) is 1. The highest BCUT2D eigenvalue weighted by molar-refractivity contribution is 9.10. The van der Waals surface area contributed by atoms with Crippen molar-refractivity contribution in [1.29, 1.82) is 0 Å². The van der Waals surface area contributed by atoms with Gasteiger partial charge >= 0.3 is 0 Å². The van der Waals surface area contributed by atoms with E-state index in [2.05, 4.69) is 26.2 Å². The van der Waals surface area contributed by atoms with Gasteiger partial charge in [-0.2, -0.15) is 0 Å². The van der Waals surface area contributed by atoms with Gasteiger partial charge in [0, 0.05) is 19.3 Å². The lowest BCUT2D eigenvalue weighted by Gasteiger charge is -2.32. The molecule has 1 aliphatic rings. The molecule has 1 aromatic carbocycles. The van der Waals surface area contributed by atoms with Crippen molar-refractivity contribution < 1.29 is 14.4 Å². The molecular formula is C19H22BrN3O4. The second-order valence-corrected chi connectivity index (χ2v) is 7.35. The zero-order valence-electron chi connectivity index (χ0n) is 15.0. The molecule has 2 atom stereocenters. The maximum Gasteiger partial charge on any atom is 0.288 e. The fourth-order valence-electron chi connectivity index (χ4n) is 3.07. The van der Waals surface area contributed by atoms with Crippen molar-refractivity contribution in [3.8, 4) is 0 Å². The van der Waals surface area contributed by atoms with Gasteiger partial charge in [0.15, 0.2) is 0 Å². The molecule has 27 heavy (non-hydrogen) atoms. The Morgan fingerprint density at radius 2 is 2.04 bits per heavy atom. The van der Waals surface area contributed by atoms with E-state index in [0.717, 1.165) is 18.4 Å². The predicted molar refractivity (Wildman–Crippen MR) is 106 cm³/mol. The normalized spacial score (nSPS) is 17.3. The minimum absolute atomic E-state index is 0.0573. The van der Waals surface area contributed by atoms with E-state index in [1.807, 2.05) is 37.3 Å². The molecule has 0 bridgehead atoms. The Hall–Kier alpha value is -2.03. The van der Waals surface area contributed by atoms with Crippen molar-refractivity contribution in [3.63, 3.8) is 0 Å². The van der Waals surface area contributed by atoms with Crippen LogP contribution in [-0.4, -0.2) is 35.3 Å². The van der Waals surface area contributed by atoms with E-state index in [9.17, 15) is 10.1 Å². The van der Waals surface area contributed by atoms with E-state index in [0.29, 0.717) is 23.5 Å². The number of ether oxygens (including phenoxy) is 2. The van der Waals surface area contributed by atoms with Crippen LogP contribution in [0.4, 0.5) is 11.5 Å². The first-order valence-electron chi connectivity index (χ1n) is 8.89. The molecule has 8 heteroatoms. The Morgan fingerprint density at radius 3 is 2.67 bits per heavy atom. The summed E-state index contributed by atoms with van der Waals surface area (Å²) in [5, 5.41) is 14.2. The number of nitrogens with one attached hydrogen (secondary N) is 1. The van der Waals surface area contributed by atoms with Gasteiger partial charge in [0.05, 0.1) is 21.5 Å². The molecule has 2 heterocycles. The summed E-state index contributed by atoms with van der Waals surface area (Å²) in [6, 6.07) is 11.4. The number of nitro groups is 1. The average molecular weight is 436 g/mol. The molecule has 7 nitrogen and oxygen atoms in total. The van der Waals surface area contributed by atoms with Crippen molar-refractivity contribution in [2.75, 3.05) is 18.5 Å². The van der Waals surface area contributed by atoms with Crippen LogP contribution < -0.4 is 5.32 Å². The fourth-order valence-corrected chi connectivity index (χ4v) is 3.52. The van der Waals surface area contributed by atoms with Gasteiger partial charge in [0.2, 0.25) is 0 Å². The molecule has 0 spiro atoms. The number of halogens is 1. The van der Waals surface area contributed by atoms with Crippen LogP contribution in [0.5, 0.6) is 0 Å². The molecule has 1 aliphatic heterocycles. The molecule has 0 aliphatic carbocycles. The lowest BCUT2D eigenvalue weighted by atomic mass is 10.0. The molecule has 0 radical (unpaired) electrons. The molecule has 1 aromatic heterocycles. The van der Waals surface area contributed by atoms with Crippen LogP contribution in [0.15, 0.2) is 47.1 Å². The van der Waals surface area contributed by atoms with Crippen LogP contribution in [0.2, 0.25) is 0 Å². The van der Waals surface area contributed by atoms with Gasteiger partial charge in [0.25, 0.3) is 5.69 Å². The standard InChI is InChI=1S/C19H22BrN3O4/c1-13(22-19-17(20)11-15(12-21-19)23(24)25)18(14-5-3-2-4-6-14)27-16-7-9-26-10-8-16/h2-6,11-13,16,18H,7-10H2,1H3,(H,21,22). The minimum Gasteiger partial charge on any atom is -0.381 e. The Balaban J connectivity index is 1.78. The van der Waals surface area contributed by atoms with E-state index in [1.165, 1.54) is 12.3 Å². The summed E-state index contributed by atoms with van der Waals surface area (Å²) < 4.78 is 12.4. The van der Waals surface area contributed by atoms with E-state index in [1.54, 1.807) is 0 Å². The maximum atomic E-state index is 10.9. The first-order valence-corrected chi connectivity index (χ1v) is 9.68. The van der Waals surface area contributed by atoms with E-state index in [4.69, 9.17) is 9.47 Å². The van der Waals surface area contributed by atoms with Gasteiger partial charge in [-0.3, -0.25) is 10.1 Å². The molecule has 1 N–H and O–H groups in total. The number of aromatic nitrogens is 1. The monoisotopic (exact) mass is 435 g/mol. The molecule has 2 unspecified atom stereocenters. The van der Waals surface area contributed by atoms with Gasteiger partial charge in [-0.25, -0.2) is 4.98 Å². The maximum absolute atomic E-state index is 10.9. The molecule has 1 fully saturated rings. The number of hydrogen-bond acceptors (Lipinski definition) is 6. The summed E-state index contributed by atoms with van der Waals surface area (Å²) in [5.41, 5.74) is 1.01. The Bertz CT molecular complexity index is 769. The SMILES string of the molecule is CC(Nc1ncc([N+](=O)[O-])cc1Br)C(OC1CCOCC1)c1ccccc1. The van der Waals surface area contributed by atoms with Crippen LogP contribution in [0.3, 0.4) is 0 Å². The van der Waals surface area contributed by atoms with Crippen molar-refractivity contribution in [2.24, 2.45) is 0 Å². The summed E-state index contributed by atoms with van der Waals surface area (Å²) in [4.78, 5) is 14.6. The molecule has 144 valence electrons. The molecule has 3 rings (SSSR count). The fraction of sp³-hybridized carbons (Fsp3) is 0.421. The molecular weight excluding hydrogens is 414 g/mol. The molecule has 0 saturated carbocycles. The van der Waals surface area contributed by atoms with Crippen LogP contribution >= 0.6 is 15.9 Å². The molecule has 0 amide bonds. The predicted octanol–water partition coefficient (Wildman–Crippen LogP) is 4.49. The largest absolute Gasteiger partial charge is 0.381 e. The first kappa shape index (κ1) is 19.7. The van der Waals surface area contributed by atoms with E-state index >= 15 is 0 Å². The number of rotatable bonds is 7. The molecule has 2 aromatic rings. The lowest BCUT2D eigenvalue weighted by Crippen LogP contribution is -2.33. The summed E-state index contributed by atoms with van der Waals surface area (Å²) in [6.45, 7) is 3.44. The number of anilines is 1. The zero-order valence-corrected chi connectivity index (χ0v) is 16.6. The smallest absolute Gasteiger partial charge is 0.288 e. The van der Waals surface area contributed by atoms with E-state index in [-0.39, 0.29) is 23.9 Å². The highest BCUT2D eigenvalue weighted by Gasteiger charge is 2.26. The quantitative estimate of drug-likeness (QED) is 0.509. The minimum atomic E-state index is -0.466. The third-order valence-electron chi connectivity index (χ3n) is 4.49. The zero-order chi connectivity index (χ0) is 19.2. The van der Waals surface area contributed by atoms with Gasteiger partial charge in [-0.1, -0.05) is 30.3 Å². The van der Waals surface area contributed by atoms with Crippen molar-refractivity contribution in [1.82, 2.24) is 4.98 Å². The Kier molecular flexibility index (Phi) is 6.76. The van der Waals surface area contributed by atoms with Crippen molar-refractivity contribution in [3.05, 3.63) is 62.7 Å². The first-order chi connectivity index (χ1) is 13.0. The van der Waals surface area contributed by atoms with Crippen LogP contribution in [0.1, 0.15) is 31.4 Å². The third-order valence-corrected chi connectivity index (χ3v) is 5.10. The van der Waals surface area contributed by atoms with Gasteiger partial charge in [-0.15, -0.1) is 0 Å². The number of pyridine rings is 1. The van der Waals surface area contributed by atoms with Crippen LogP contribution in [0, 0.1) is 10.1 Å². The highest BCUT2D eigenvalue weighted by Crippen LogP contribution is 2.30. The topological polar surface area (TPSA) is 86.5 Å². The van der Waals surface area contributed by atoms with Gasteiger partial charge in [0.1, 0.15) is 18.1 Å². The summed E-state index contributed by atoms with van der Waals surface area (Å²) >= 11 is 3.36. The number of nitrogens with zero attached hydrogens (tertiary/aromatic N) is 2. The van der Waals surface area contributed by atoms with Crippen LogP contribution in [-0.2, 0) is 9.47 Å². The number of benzene rings is 1. The summed E-state index contributed by atoms with van der Waals surface area (Å²) in [6.07, 6.45) is 2.95. The summed E-state index contributed by atoms with van der Waals surface area (Å²) in [7, 11) is 0. The Morgan fingerprint density at radius 1 is 1.33 bits per heavy atom. The second-order valence-electron chi connectivity index (χ2n) is 6.49. The summed E-state index contributed by atoms with van der Waals surface area (Å²) in [5.74, 6) is 0.546. The van der Waals surface area contributed by atoms with Crippen molar-refractivity contribution in [2.45, 2.75) is 38.0 Å². The third kappa shape index (κ3) is 5.24. The average Bonchev–Trinajstić information content (AvgIpc) is 2.69. The second kappa shape index (κ2) is 9.25.